The number of aryl methyl sites for hydroxylation is 2. The van der Waals surface area contributed by atoms with E-state index in [-0.39, 0.29) is 11.8 Å². The molecule has 0 bridgehead atoms. The number of benzene rings is 2. The molecule has 1 fully saturated rings. The van der Waals surface area contributed by atoms with Gasteiger partial charge >= 0.3 is 0 Å². The molecule has 0 saturated carbocycles. The first-order valence-corrected chi connectivity index (χ1v) is 11.4. The van der Waals surface area contributed by atoms with E-state index in [9.17, 15) is 9.59 Å². The minimum absolute atomic E-state index is 0.0830. The van der Waals surface area contributed by atoms with E-state index in [4.69, 9.17) is 4.74 Å². The first kappa shape index (κ1) is 22.6. The fraction of sp³-hybridized carbons (Fsp3) is 0.346. The van der Waals surface area contributed by atoms with Gasteiger partial charge < -0.3 is 14.5 Å². The summed E-state index contributed by atoms with van der Waals surface area (Å²) in [5.41, 5.74) is 3.39. The molecule has 7 heteroatoms. The lowest BCUT2D eigenvalue weighted by atomic mass is 10.1. The lowest BCUT2D eigenvalue weighted by molar-refractivity contribution is -0.131. The minimum atomic E-state index is -0.0830. The summed E-state index contributed by atoms with van der Waals surface area (Å²) in [5, 5.41) is 4.55. The van der Waals surface area contributed by atoms with Crippen LogP contribution in [0.2, 0.25) is 0 Å². The molecule has 0 unspecified atom stereocenters. The third-order valence-corrected chi connectivity index (χ3v) is 6.03. The van der Waals surface area contributed by atoms with Crippen LogP contribution in [0.3, 0.4) is 0 Å². The zero-order chi connectivity index (χ0) is 23.2. The number of carbonyl (C=O) groups is 2. The molecule has 3 aromatic rings. The monoisotopic (exact) mass is 446 g/mol. The van der Waals surface area contributed by atoms with E-state index in [1.807, 2.05) is 77.4 Å². The molecule has 0 radical (unpaired) electrons. The molecule has 2 aromatic carbocycles. The Morgan fingerprint density at radius 2 is 1.64 bits per heavy atom. The van der Waals surface area contributed by atoms with Gasteiger partial charge in [0.15, 0.2) is 5.69 Å². The van der Waals surface area contributed by atoms with Crippen LogP contribution in [0, 0.1) is 6.92 Å². The first-order chi connectivity index (χ1) is 16.0. The number of aromatic nitrogens is 2. The second-order valence-electron chi connectivity index (χ2n) is 8.29. The average molecular weight is 447 g/mol. The summed E-state index contributed by atoms with van der Waals surface area (Å²) in [6.07, 6.45) is 1.91. The van der Waals surface area contributed by atoms with E-state index in [0.29, 0.717) is 44.7 Å². The summed E-state index contributed by atoms with van der Waals surface area (Å²) in [7, 11) is 1.64. The summed E-state index contributed by atoms with van der Waals surface area (Å²) >= 11 is 0. The van der Waals surface area contributed by atoms with Gasteiger partial charge in [0.2, 0.25) is 5.91 Å². The van der Waals surface area contributed by atoms with Crippen LogP contribution in [0.15, 0.2) is 60.7 Å². The van der Waals surface area contributed by atoms with Crippen LogP contribution in [-0.4, -0.2) is 64.7 Å². The second kappa shape index (κ2) is 10.3. The summed E-state index contributed by atoms with van der Waals surface area (Å²) in [4.78, 5) is 29.6. The number of para-hydroxylation sites is 1. The predicted molar refractivity (Wildman–Crippen MR) is 127 cm³/mol. The van der Waals surface area contributed by atoms with Crippen molar-refractivity contribution in [3.63, 3.8) is 0 Å². The topological polar surface area (TPSA) is 67.7 Å². The first-order valence-electron chi connectivity index (χ1n) is 11.4. The van der Waals surface area contributed by atoms with Crippen LogP contribution in [0.4, 0.5) is 0 Å². The predicted octanol–water partition coefficient (Wildman–Crippen LogP) is 3.50. The Morgan fingerprint density at radius 3 is 2.36 bits per heavy atom. The Morgan fingerprint density at radius 1 is 0.939 bits per heavy atom. The van der Waals surface area contributed by atoms with Gasteiger partial charge in [0.05, 0.1) is 12.8 Å². The molecule has 172 valence electrons. The molecular weight excluding hydrogens is 416 g/mol. The van der Waals surface area contributed by atoms with Gasteiger partial charge in [0, 0.05) is 38.3 Å². The Hall–Kier alpha value is -3.61. The van der Waals surface area contributed by atoms with Crippen molar-refractivity contribution in [1.82, 2.24) is 19.6 Å². The Kier molecular flexibility index (Phi) is 7.07. The lowest BCUT2D eigenvalue weighted by Gasteiger charge is -2.22. The number of methoxy groups -OCH3 is 1. The van der Waals surface area contributed by atoms with Crippen LogP contribution in [0.5, 0.6) is 5.75 Å². The molecule has 1 aliphatic heterocycles. The van der Waals surface area contributed by atoms with E-state index < -0.39 is 0 Å². The van der Waals surface area contributed by atoms with Gasteiger partial charge in [0.1, 0.15) is 5.75 Å². The average Bonchev–Trinajstić information content (AvgIpc) is 3.08. The van der Waals surface area contributed by atoms with Crippen LogP contribution in [0.25, 0.3) is 5.69 Å². The largest absolute Gasteiger partial charge is 0.497 e. The number of nitrogens with zero attached hydrogens (tertiary/aromatic N) is 4. The van der Waals surface area contributed by atoms with Crippen molar-refractivity contribution in [3.05, 3.63) is 77.6 Å². The number of carbonyl (C=O) groups excluding carboxylic acids is 2. The van der Waals surface area contributed by atoms with E-state index >= 15 is 0 Å². The van der Waals surface area contributed by atoms with Gasteiger partial charge in [-0.1, -0.05) is 30.3 Å². The molecule has 0 atom stereocenters. The maximum absolute atomic E-state index is 13.1. The molecule has 2 amide bonds. The number of rotatable bonds is 6. The normalized spacial score (nSPS) is 14.1. The SMILES string of the molecule is COc1ccc(CCC(=O)N2CCCN(C(=O)c3cc(C)n(-c4ccccc4)n3)CC2)cc1. The van der Waals surface area contributed by atoms with Crippen LogP contribution >= 0.6 is 0 Å². The summed E-state index contributed by atoms with van der Waals surface area (Å²) in [5.74, 6) is 0.857. The van der Waals surface area contributed by atoms with Gasteiger partial charge in [-0.25, -0.2) is 4.68 Å². The standard InChI is InChI=1S/C26H30N4O3/c1-20-19-24(27-30(20)22-7-4-3-5-8-22)26(32)29-16-6-15-28(17-18-29)25(31)14-11-21-9-12-23(33-2)13-10-21/h3-5,7-10,12-13,19H,6,11,14-18H2,1-2H3. The highest BCUT2D eigenvalue weighted by Crippen LogP contribution is 2.16. The Labute approximate surface area is 194 Å². The highest BCUT2D eigenvalue weighted by atomic mass is 16.5. The van der Waals surface area contributed by atoms with Crippen LogP contribution < -0.4 is 4.74 Å². The molecule has 0 aliphatic carbocycles. The quantitative estimate of drug-likeness (QED) is 0.581. The smallest absolute Gasteiger partial charge is 0.274 e. The Balaban J connectivity index is 1.34. The maximum Gasteiger partial charge on any atom is 0.274 e. The molecule has 0 spiro atoms. The summed E-state index contributed by atoms with van der Waals surface area (Å²) in [6.45, 7) is 4.30. The molecule has 1 aromatic heterocycles. The Bertz CT molecular complexity index is 1090. The molecule has 0 N–H and O–H groups in total. The fourth-order valence-electron chi connectivity index (χ4n) is 4.14. The fourth-order valence-corrected chi connectivity index (χ4v) is 4.14. The van der Waals surface area contributed by atoms with Crippen LogP contribution in [-0.2, 0) is 11.2 Å². The minimum Gasteiger partial charge on any atom is -0.497 e. The maximum atomic E-state index is 13.1. The highest BCUT2D eigenvalue weighted by Gasteiger charge is 2.24. The highest BCUT2D eigenvalue weighted by molar-refractivity contribution is 5.92. The molecular formula is C26H30N4O3. The second-order valence-corrected chi connectivity index (χ2v) is 8.29. The number of amides is 2. The number of ether oxygens (including phenoxy) is 1. The summed E-state index contributed by atoms with van der Waals surface area (Å²) < 4.78 is 6.97. The van der Waals surface area contributed by atoms with Crippen molar-refractivity contribution >= 4 is 11.8 Å². The molecule has 33 heavy (non-hydrogen) atoms. The number of hydrogen-bond donors (Lipinski definition) is 0. The van der Waals surface area contributed by atoms with E-state index in [2.05, 4.69) is 5.10 Å². The van der Waals surface area contributed by atoms with E-state index in [1.165, 1.54) is 0 Å². The molecule has 2 heterocycles. The van der Waals surface area contributed by atoms with Gasteiger partial charge in [-0.2, -0.15) is 5.10 Å². The van der Waals surface area contributed by atoms with Crippen molar-refractivity contribution in [2.24, 2.45) is 0 Å². The van der Waals surface area contributed by atoms with Gasteiger partial charge in [-0.15, -0.1) is 0 Å². The van der Waals surface area contributed by atoms with E-state index in [0.717, 1.165) is 29.1 Å². The van der Waals surface area contributed by atoms with Gasteiger partial charge in [-0.05, 0) is 55.7 Å². The number of hydrogen-bond acceptors (Lipinski definition) is 4. The molecule has 1 saturated heterocycles. The molecule has 4 rings (SSSR count). The van der Waals surface area contributed by atoms with Crippen molar-refractivity contribution in [1.29, 1.82) is 0 Å². The van der Waals surface area contributed by atoms with Crippen molar-refractivity contribution in [2.45, 2.75) is 26.2 Å². The molecule has 1 aliphatic rings. The summed E-state index contributed by atoms with van der Waals surface area (Å²) in [6, 6.07) is 19.4. The third kappa shape index (κ3) is 5.42. The third-order valence-electron chi connectivity index (χ3n) is 6.03. The van der Waals surface area contributed by atoms with E-state index in [1.54, 1.807) is 11.8 Å². The van der Waals surface area contributed by atoms with Crippen molar-refractivity contribution in [2.75, 3.05) is 33.3 Å². The van der Waals surface area contributed by atoms with Crippen molar-refractivity contribution < 1.29 is 14.3 Å². The van der Waals surface area contributed by atoms with Crippen molar-refractivity contribution in [3.8, 4) is 11.4 Å². The van der Waals surface area contributed by atoms with Gasteiger partial charge in [-0.3, -0.25) is 9.59 Å². The zero-order valence-electron chi connectivity index (χ0n) is 19.2. The lowest BCUT2D eigenvalue weighted by Crippen LogP contribution is -2.37. The van der Waals surface area contributed by atoms with Gasteiger partial charge in [0.25, 0.3) is 5.91 Å². The molecule has 7 nitrogen and oxygen atoms in total. The zero-order valence-corrected chi connectivity index (χ0v) is 19.2. The van der Waals surface area contributed by atoms with Crippen LogP contribution in [0.1, 0.15) is 34.6 Å².